The predicted molar refractivity (Wildman–Crippen MR) is 75.2 cm³/mol. The standard InChI is InChI=1S/C13H14BrFN2O3/c1-7-4-10(15)9(14)5-11(7)16-13(20)17-3-2-8(6-17)12(18)19/h4-5,8H,2-3,6H2,1H3,(H,16,20)(H,18,19). The van der Waals surface area contributed by atoms with Crippen molar-refractivity contribution in [1.29, 1.82) is 0 Å². The van der Waals surface area contributed by atoms with Crippen molar-refractivity contribution in [2.75, 3.05) is 18.4 Å². The van der Waals surface area contributed by atoms with E-state index in [0.717, 1.165) is 0 Å². The van der Waals surface area contributed by atoms with Crippen molar-refractivity contribution in [2.24, 2.45) is 5.92 Å². The van der Waals surface area contributed by atoms with Gasteiger partial charge in [0.1, 0.15) is 5.82 Å². The molecule has 0 saturated carbocycles. The Bertz CT molecular complexity index is 565. The average Bonchev–Trinajstić information content (AvgIpc) is 2.85. The highest BCUT2D eigenvalue weighted by atomic mass is 79.9. The number of nitrogens with one attached hydrogen (secondary N) is 1. The van der Waals surface area contributed by atoms with Crippen LogP contribution in [0.3, 0.4) is 0 Å². The maximum absolute atomic E-state index is 13.3. The highest BCUT2D eigenvalue weighted by Crippen LogP contribution is 2.25. The second-order valence-corrected chi connectivity index (χ2v) is 5.64. The largest absolute Gasteiger partial charge is 0.481 e. The zero-order chi connectivity index (χ0) is 14.9. The van der Waals surface area contributed by atoms with Crippen molar-refractivity contribution in [3.05, 3.63) is 28.0 Å². The molecular weight excluding hydrogens is 331 g/mol. The Morgan fingerprint density at radius 3 is 2.80 bits per heavy atom. The quantitative estimate of drug-likeness (QED) is 0.866. The molecule has 2 amide bonds. The number of benzene rings is 1. The number of hydrogen-bond donors (Lipinski definition) is 2. The molecule has 7 heteroatoms. The fourth-order valence-electron chi connectivity index (χ4n) is 2.12. The topological polar surface area (TPSA) is 69.6 Å². The number of amides is 2. The van der Waals surface area contributed by atoms with Gasteiger partial charge >= 0.3 is 12.0 Å². The molecule has 1 unspecified atom stereocenters. The lowest BCUT2D eigenvalue weighted by atomic mass is 10.1. The fourth-order valence-corrected chi connectivity index (χ4v) is 2.46. The maximum Gasteiger partial charge on any atom is 0.321 e. The van der Waals surface area contributed by atoms with E-state index in [4.69, 9.17) is 5.11 Å². The molecule has 0 radical (unpaired) electrons. The van der Waals surface area contributed by atoms with Gasteiger partial charge in [-0.25, -0.2) is 9.18 Å². The van der Waals surface area contributed by atoms with Crippen LogP contribution < -0.4 is 5.32 Å². The minimum atomic E-state index is -0.888. The molecular formula is C13H14BrFN2O3. The second-order valence-electron chi connectivity index (χ2n) is 4.78. The Kier molecular flexibility index (Phi) is 4.27. The first kappa shape index (κ1) is 14.8. The Morgan fingerprint density at radius 1 is 1.50 bits per heavy atom. The number of hydrogen-bond acceptors (Lipinski definition) is 2. The lowest BCUT2D eigenvalue weighted by molar-refractivity contribution is -0.141. The van der Waals surface area contributed by atoms with Gasteiger partial charge in [-0.2, -0.15) is 0 Å². The molecule has 2 rings (SSSR count). The van der Waals surface area contributed by atoms with Crippen LogP contribution in [0.5, 0.6) is 0 Å². The molecule has 1 aromatic carbocycles. The number of aliphatic carboxylic acids is 1. The second kappa shape index (κ2) is 5.78. The number of aryl methyl sites for hydroxylation is 1. The van der Waals surface area contributed by atoms with E-state index in [1.54, 1.807) is 6.92 Å². The average molecular weight is 345 g/mol. The number of carboxylic acids is 1. The molecule has 20 heavy (non-hydrogen) atoms. The van der Waals surface area contributed by atoms with Crippen LogP contribution in [0.25, 0.3) is 0 Å². The van der Waals surface area contributed by atoms with Crippen LogP contribution >= 0.6 is 15.9 Å². The molecule has 5 nitrogen and oxygen atoms in total. The Morgan fingerprint density at radius 2 is 2.20 bits per heavy atom. The van der Waals surface area contributed by atoms with Crippen molar-refractivity contribution in [3.8, 4) is 0 Å². The van der Waals surface area contributed by atoms with Gasteiger partial charge in [0.2, 0.25) is 0 Å². The molecule has 1 aliphatic rings. The lowest BCUT2D eigenvalue weighted by Gasteiger charge is -2.18. The van der Waals surface area contributed by atoms with Crippen molar-refractivity contribution in [3.63, 3.8) is 0 Å². The molecule has 1 aliphatic heterocycles. The molecule has 0 aromatic heterocycles. The molecule has 0 spiro atoms. The summed E-state index contributed by atoms with van der Waals surface area (Å²) in [7, 11) is 0. The third kappa shape index (κ3) is 3.09. The van der Waals surface area contributed by atoms with E-state index >= 15 is 0 Å². The van der Waals surface area contributed by atoms with Crippen molar-refractivity contribution >= 4 is 33.6 Å². The van der Waals surface area contributed by atoms with Gasteiger partial charge in [-0.05, 0) is 47.0 Å². The summed E-state index contributed by atoms with van der Waals surface area (Å²) in [5.74, 6) is -1.80. The SMILES string of the molecule is Cc1cc(F)c(Br)cc1NC(=O)N1CCC(C(=O)O)C1. The van der Waals surface area contributed by atoms with Gasteiger partial charge in [-0.15, -0.1) is 0 Å². The number of nitrogens with zero attached hydrogens (tertiary/aromatic N) is 1. The first-order valence-corrected chi connectivity index (χ1v) is 6.92. The lowest BCUT2D eigenvalue weighted by Crippen LogP contribution is -2.34. The maximum atomic E-state index is 13.3. The number of carbonyl (C=O) groups is 2. The third-order valence-electron chi connectivity index (χ3n) is 3.33. The molecule has 0 bridgehead atoms. The van der Waals surface area contributed by atoms with E-state index < -0.39 is 17.7 Å². The number of anilines is 1. The summed E-state index contributed by atoms with van der Waals surface area (Å²) in [5.41, 5.74) is 1.11. The predicted octanol–water partition coefficient (Wildman–Crippen LogP) is 2.84. The van der Waals surface area contributed by atoms with Crippen LogP contribution in [0.4, 0.5) is 14.9 Å². The Labute approximate surface area is 123 Å². The molecule has 1 atom stereocenters. The highest BCUT2D eigenvalue weighted by Gasteiger charge is 2.31. The summed E-state index contributed by atoms with van der Waals surface area (Å²) in [6.45, 7) is 2.29. The number of halogens is 2. The van der Waals surface area contributed by atoms with E-state index in [-0.39, 0.29) is 17.0 Å². The van der Waals surface area contributed by atoms with Crippen LogP contribution in [0.2, 0.25) is 0 Å². The van der Waals surface area contributed by atoms with Gasteiger partial charge in [-0.1, -0.05) is 0 Å². The highest BCUT2D eigenvalue weighted by molar-refractivity contribution is 9.10. The van der Waals surface area contributed by atoms with Crippen LogP contribution in [-0.2, 0) is 4.79 Å². The minimum absolute atomic E-state index is 0.197. The van der Waals surface area contributed by atoms with Crippen molar-refractivity contribution < 1.29 is 19.1 Å². The summed E-state index contributed by atoms with van der Waals surface area (Å²) in [6, 6.07) is 2.45. The van der Waals surface area contributed by atoms with E-state index in [0.29, 0.717) is 24.2 Å². The molecule has 1 aromatic rings. The number of urea groups is 1. The first-order chi connectivity index (χ1) is 9.38. The Hall–Kier alpha value is -1.63. The first-order valence-electron chi connectivity index (χ1n) is 6.13. The molecule has 2 N–H and O–H groups in total. The summed E-state index contributed by atoms with van der Waals surface area (Å²) < 4.78 is 13.6. The van der Waals surface area contributed by atoms with Crippen LogP contribution in [0.15, 0.2) is 16.6 Å². The van der Waals surface area contributed by atoms with E-state index in [1.807, 2.05) is 0 Å². The fraction of sp³-hybridized carbons (Fsp3) is 0.385. The Balaban J connectivity index is 2.06. The van der Waals surface area contributed by atoms with Gasteiger partial charge in [0, 0.05) is 18.8 Å². The molecule has 0 aliphatic carbocycles. The number of likely N-dealkylation sites (tertiary alicyclic amines) is 1. The van der Waals surface area contributed by atoms with Crippen LogP contribution in [0, 0.1) is 18.7 Å². The van der Waals surface area contributed by atoms with Gasteiger partial charge in [-0.3, -0.25) is 4.79 Å². The zero-order valence-corrected chi connectivity index (χ0v) is 12.4. The van der Waals surface area contributed by atoms with Crippen LogP contribution in [-0.4, -0.2) is 35.1 Å². The van der Waals surface area contributed by atoms with E-state index in [2.05, 4.69) is 21.2 Å². The van der Waals surface area contributed by atoms with Crippen molar-refractivity contribution in [2.45, 2.75) is 13.3 Å². The number of carbonyl (C=O) groups excluding carboxylic acids is 1. The van der Waals surface area contributed by atoms with Gasteiger partial charge < -0.3 is 15.3 Å². The summed E-state index contributed by atoms with van der Waals surface area (Å²) in [6.07, 6.45) is 0.453. The monoisotopic (exact) mass is 344 g/mol. The van der Waals surface area contributed by atoms with Crippen LogP contribution in [0.1, 0.15) is 12.0 Å². The van der Waals surface area contributed by atoms with E-state index in [1.165, 1.54) is 17.0 Å². The normalized spacial score (nSPS) is 18.1. The minimum Gasteiger partial charge on any atom is -0.481 e. The number of carboxylic acid groups (broad SMARTS) is 1. The summed E-state index contributed by atoms with van der Waals surface area (Å²) >= 11 is 3.06. The molecule has 108 valence electrons. The van der Waals surface area contributed by atoms with E-state index in [9.17, 15) is 14.0 Å². The number of rotatable bonds is 2. The van der Waals surface area contributed by atoms with Crippen molar-refractivity contribution in [1.82, 2.24) is 4.90 Å². The molecule has 1 heterocycles. The zero-order valence-electron chi connectivity index (χ0n) is 10.8. The van der Waals surface area contributed by atoms with Gasteiger partial charge in [0.15, 0.2) is 0 Å². The van der Waals surface area contributed by atoms with Gasteiger partial charge in [0.25, 0.3) is 0 Å². The summed E-state index contributed by atoms with van der Waals surface area (Å²) in [4.78, 5) is 24.4. The smallest absolute Gasteiger partial charge is 0.321 e. The molecule has 1 saturated heterocycles. The third-order valence-corrected chi connectivity index (χ3v) is 3.94. The van der Waals surface area contributed by atoms with Gasteiger partial charge in [0.05, 0.1) is 10.4 Å². The molecule has 1 fully saturated rings. The summed E-state index contributed by atoms with van der Waals surface area (Å²) in [5, 5.41) is 11.6.